The molecule has 0 fully saturated rings. The number of hydrogen-bond donors (Lipinski definition) is 2. The van der Waals surface area contributed by atoms with Gasteiger partial charge >= 0.3 is 0 Å². The Kier molecular flexibility index (Phi) is 5.09. The predicted molar refractivity (Wildman–Crippen MR) is 82.6 cm³/mol. The maximum absolute atomic E-state index is 13.4. The fourth-order valence-corrected chi connectivity index (χ4v) is 2.50. The van der Waals surface area contributed by atoms with Crippen molar-refractivity contribution in [1.29, 1.82) is 0 Å². The lowest BCUT2D eigenvalue weighted by Gasteiger charge is -2.04. The third-order valence-corrected chi connectivity index (χ3v) is 3.83. The number of halogens is 1. The van der Waals surface area contributed by atoms with Crippen LogP contribution in [0.15, 0.2) is 30.3 Å². The Morgan fingerprint density at radius 2 is 2.19 bits per heavy atom. The molecule has 0 unspecified atom stereocenters. The first-order chi connectivity index (χ1) is 10.1. The van der Waals surface area contributed by atoms with E-state index >= 15 is 0 Å². The lowest BCUT2D eigenvalue weighted by molar-refractivity contribution is 0.0951. The third-order valence-electron chi connectivity index (χ3n) is 2.83. The normalized spacial score (nSPS) is 9.86. The van der Waals surface area contributed by atoms with Crippen LogP contribution >= 0.6 is 11.3 Å². The summed E-state index contributed by atoms with van der Waals surface area (Å²) in [6, 6.07) is 8.25. The summed E-state index contributed by atoms with van der Waals surface area (Å²) in [5.41, 5.74) is 6.15. The number of carbonyl (C=O) groups excluding carboxylic acids is 1. The van der Waals surface area contributed by atoms with Crippen LogP contribution in [0.3, 0.4) is 0 Å². The summed E-state index contributed by atoms with van der Waals surface area (Å²) >= 11 is 1.50. The molecule has 21 heavy (non-hydrogen) atoms. The first-order valence-corrected chi connectivity index (χ1v) is 7.24. The van der Waals surface area contributed by atoms with Crippen LogP contribution in [0.5, 0.6) is 0 Å². The summed E-state index contributed by atoms with van der Waals surface area (Å²) in [5.74, 6) is 5.05. The second-order valence-corrected chi connectivity index (χ2v) is 5.59. The number of benzene rings is 1. The van der Waals surface area contributed by atoms with Crippen LogP contribution in [0, 0.1) is 24.6 Å². The molecule has 1 amide bonds. The third kappa shape index (κ3) is 4.15. The van der Waals surface area contributed by atoms with Crippen molar-refractivity contribution in [3.63, 3.8) is 0 Å². The number of hydrogen-bond acceptors (Lipinski definition) is 3. The zero-order valence-corrected chi connectivity index (χ0v) is 12.4. The molecule has 1 aromatic carbocycles. The smallest absolute Gasteiger partial charge is 0.251 e. The van der Waals surface area contributed by atoms with Gasteiger partial charge in [0, 0.05) is 10.4 Å². The molecule has 3 nitrogen and oxygen atoms in total. The van der Waals surface area contributed by atoms with Crippen molar-refractivity contribution in [2.45, 2.75) is 13.5 Å². The van der Waals surface area contributed by atoms with Crippen molar-refractivity contribution in [3.05, 3.63) is 57.0 Å². The van der Waals surface area contributed by atoms with E-state index < -0.39 is 0 Å². The monoisotopic (exact) mass is 302 g/mol. The summed E-state index contributed by atoms with van der Waals surface area (Å²) in [6.07, 6.45) is 0. The molecule has 0 aliphatic carbocycles. The van der Waals surface area contributed by atoms with Crippen LogP contribution in [0.2, 0.25) is 0 Å². The molecule has 0 aliphatic heterocycles. The van der Waals surface area contributed by atoms with Crippen molar-refractivity contribution in [2.24, 2.45) is 5.73 Å². The summed E-state index contributed by atoms with van der Waals surface area (Å²) in [5, 5.41) is 2.76. The highest BCUT2D eigenvalue weighted by Crippen LogP contribution is 2.15. The Balaban J connectivity index is 1.97. The molecule has 3 N–H and O–H groups in total. The Bertz CT molecular complexity index is 713. The van der Waals surface area contributed by atoms with Crippen LogP contribution in [0.1, 0.15) is 25.7 Å². The number of rotatable bonds is 3. The lowest BCUT2D eigenvalue weighted by Crippen LogP contribution is -2.22. The van der Waals surface area contributed by atoms with E-state index in [1.165, 1.54) is 17.4 Å². The Morgan fingerprint density at radius 3 is 2.90 bits per heavy atom. The van der Waals surface area contributed by atoms with Gasteiger partial charge in [-0.1, -0.05) is 17.9 Å². The minimum Gasteiger partial charge on any atom is -0.347 e. The highest BCUT2D eigenvalue weighted by atomic mass is 32.1. The van der Waals surface area contributed by atoms with Gasteiger partial charge in [-0.2, -0.15) is 0 Å². The topological polar surface area (TPSA) is 55.1 Å². The average Bonchev–Trinajstić information content (AvgIpc) is 2.93. The van der Waals surface area contributed by atoms with E-state index in [-0.39, 0.29) is 11.7 Å². The van der Waals surface area contributed by atoms with E-state index in [9.17, 15) is 9.18 Å². The summed E-state index contributed by atoms with van der Waals surface area (Å²) in [4.78, 5) is 13.8. The van der Waals surface area contributed by atoms with E-state index in [1.807, 2.05) is 12.1 Å². The van der Waals surface area contributed by atoms with E-state index in [0.717, 1.165) is 9.75 Å². The van der Waals surface area contributed by atoms with Crippen molar-refractivity contribution in [2.75, 3.05) is 6.54 Å². The fourth-order valence-electron chi connectivity index (χ4n) is 1.68. The van der Waals surface area contributed by atoms with Gasteiger partial charge in [0.2, 0.25) is 0 Å². The molecule has 0 bridgehead atoms. The van der Waals surface area contributed by atoms with Crippen molar-refractivity contribution < 1.29 is 9.18 Å². The zero-order chi connectivity index (χ0) is 15.2. The number of thiophene rings is 1. The predicted octanol–water partition coefficient (Wildman–Crippen LogP) is 2.44. The molecule has 0 aliphatic rings. The van der Waals surface area contributed by atoms with Gasteiger partial charge in [0.05, 0.1) is 18.0 Å². The Morgan fingerprint density at radius 1 is 1.38 bits per heavy atom. The Hall–Kier alpha value is -2.16. The van der Waals surface area contributed by atoms with E-state index in [4.69, 9.17) is 5.73 Å². The minimum atomic E-state index is -0.377. The average molecular weight is 302 g/mol. The van der Waals surface area contributed by atoms with Crippen LogP contribution < -0.4 is 11.1 Å². The molecule has 0 spiro atoms. The second kappa shape index (κ2) is 7.02. The highest BCUT2D eigenvalue weighted by molar-refractivity contribution is 7.12. The number of amides is 1. The first-order valence-electron chi connectivity index (χ1n) is 6.42. The van der Waals surface area contributed by atoms with Gasteiger partial charge in [-0.05, 0) is 36.8 Å². The minimum absolute atomic E-state index is 0.295. The molecule has 0 saturated heterocycles. The largest absolute Gasteiger partial charge is 0.347 e. The molecule has 2 aromatic rings. The quantitative estimate of drug-likeness (QED) is 0.856. The van der Waals surface area contributed by atoms with Crippen LogP contribution in [-0.2, 0) is 6.54 Å². The van der Waals surface area contributed by atoms with Gasteiger partial charge in [-0.15, -0.1) is 11.3 Å². The number of aryl methyl sites for hydroxylation is 1. The molecule has 108 valence electrons. The van der Waals surface area contributed by atoms with E-state index in [1.54, 1.807) is 19.1 Å². The molecule has 0 radical (unpaired) electrons. The molecular formula is C16H15FN2OS. The van der Waals surface area contributed by atoms with Gasteiger partial charge in [0.25, 0.3) is 5.91 Å². The molecule has 5 heteroatoms. The Labute approximate surface area is 127 Å². The fraction of sp³-hybridized carbons (Fsp3) is 0.188. The summed E-state index contributed by atoms with van der Waals surface area (Å²) < 4.78 is 13.4. The lowest BCUT2D eigenvalue weighted by atomic mass is 10.1. The SMILES string of the molecule is Cc1ccc(C(=O)NCc2ccc(C#CCN)s2)cc1F. The zero-order valence-electron chi connectivity index (χ0n) is 11.6. The summed E-state index contributed by atoms with van der Waals surface area (Å²) in [7, 11) is 0. The van der Waals surface area contributed by atoms with Crippen LogP contribution in [0.4, 0.5) is 4.39 Å². The standard InChI is InChI=1S/C16H15FN2OS/c1-11-4-5-12(9-15(11)17)16(20)19-10-14-7-6-13(21-14)3-2-8-18/h4-7,9H,8,10,18H2,1H3,(H,19,20). The number of nitrogens with two attached hydrogens (primary N) is 1. The van der Waals surface area contributed by atoms with Crippen molar-refractivity contribution in [3.8, 4) is 11.8 Å². The van der Waals surface area contributed by atoms with Gasteiger partial charge in [0.1, 0.15) is 5.82 Å². The number of nitrogens with one attached hydrogen (secondary N) is 1. The first kappa shape index (κ1) is 15.2. The van der Waals surface area contributed by atoms with Crippen LogP contribution in [0.25, 0.3) is 0 Å². The van der Waals surface area contributed by atoms with E-state index in [2.05, 4.69) is 17.2 Å². The molecular weight excluding hydrogens is 287 g/mol. The van der Waals surface area contributed by atoms with Gasteiger partial charge < -0.3 is 11.1 Å². The summed E-state index contributed by atoms with van der Waals surface area (Å²) in [6.45, 7) is 2.37. The molecule has 0 atom stereocenters. The van der Waals surface area contributed by atoms with Gasteiger partial charge in [-0.25, -0.2) is 4.39 Å². The molecule has 2 rings (SSSR count). The highest BCUT2D eigenvalue weighted by Gasteiger charge is 2.08. The number of carbonyl (C=O) groups is 1. The maximum atomic E-state index is 13.4. The second-order valence-electron chi connectivity index (χ2n) is 4.42. The van der Waals surface area contributed by atoms with Crippen molar-refractivity contribution >= 4 is 17.2 Å². The van der Waals surface area contributed by atoms with Gasteiger partial charge in [-0.3, -0.25) is 4.79 Å². The van der Waals surface area contributed by atoms with Gasteiger partial charge in [0.15, 0.2) is 0 Å². The van der Waals surface area contributed by atoms with E-state index in [0.29, 0.717) is 24.2 Å². The molecule has 1 aromatic heterocycles. The maximum Gasteiger partial charge on any atom is 0.251 e. The van der Waals surface area contributed by atoms with Crippen LogP contribution in [-0.4, -0.2) is 12.5 Å². The molecule has 0 saturated carbocycles. The van der Waals surface area contributed by atoms with Crippen molar-refractivity contribution in [1.82, 2.24) is 5.32 Å². The molecule has 1 heterocycles.